The number of carbonyl (C=O) groups is 4. The van der Waals surface area contributed by atoms with E-state index in [2.05, 4.69) is 21.2 Å². The highest BCUT2D eigenvalue weighted by Crippen LogP contribution is 2.41. The molecule has 3 amide bonds. The summed E-state index contributed by atoms with van der Waals surface area (Å²) in [5.41, 5.74) is 3.69. The van der Waals surface area contributed by atoms with Crippen LogP contribution in [0.1, 0.15) is 90.5 Å². The summed E-state index contributed by atoms with van der Waals surface area (Å²) in [6.07, 6.45) is 6.52. The van der Waals surface area contributed by atoms with Crippen molar-refractivity contribution in [2.75, 3.05) is 18.5 Å². The number of rotatable bonds is 11. The number of hydrogen-bond acceptors (Lipinski definition) is 9. The summed E-state index contributed by atoms with van der Waals surface area (Å²) in [5, 5.41) is 9.23. The molecule has 2 saturated carbocycles. The molecule has 3 aliphatic rings. The standard InChI is InChI=1S/C34H52FN7O6/c1-20(2)33(45)47-21(3)48-34(46)39-28(19-35)23-9-11-25(12-10-23)32(44)42-18-17-27(22-7-5-4-6-8-22)29(42)31(43)38-26-15-13-24(14-16-26)30(40-36)41-37/h13-16,20-23,25,27-29H,4-12,17-19,36-37H2,1-3H3,(H,38,43)(H,39,46)(H,40,41)/t21-,23-,25-,27+,28-,29+/m1/s1. The molecule has 0 aromatic heterocycles. The Morgan fingerprint density at radius 1 is 0.958 bits per heavy atom. The second-order valence-electron chi connectivity index (χ2n) is 13.6. The number of ether oxygens (including phenoxy) is 2. The van der Waals surface area contributed by atoms with E-state index in [0.717, 1.165) is 32.1 Å². The second kappa shape index (κ2) is 17.5. The molecule has 0 bridgehead atoms. The van der Waals surface area contributed by atoms with Gasteiger partial charge in [0.15, 0.2) is 5.84 Å². The number of hydrogen-bond donors (Lipinski definition) is 5. The normalized spacial score (nSPS) is 24.8. The highest BCUT2D eigenvalue weighted by Gasteiger charge is 2.47. The van der Waals surface area contributed by atoms with Crippen LogP contribution in [0.3, 0.4) is 0 Å². The maximum atomic E-state index is 14.1. The van der Waals surface area contributed by atoms with Gasteiger partial charge in [-0.05, 0) is 74.1 Å². The summed E-state index contributed by atoms with van der Waals surface area (Å²) in [4.78, 5) is 54.0. The van der Waals surface area contributed by atoms with Crippen molar-refractivity contribution >= 4 is 35.4 Å². The largest absolute Gasteiger partial charge is 0.425 e. The molecule has 3 fully saturated rings. The first-order valence-corrected chi connectivity index (χ1v) is 17.3. The number of nitrogens with two attached hydrogens (primary N) is 2. The van der Waals surface area contributed by atoms with Crippen LogP contribution < -0.4 is 27.7 Å². The lowest BCUT2D eigenvalue weighted by Crippen LogP contribution is -2.50. The Labute approximate surface area is 282 Å². The van der Waals surface area contributed by atoms with E-state index in [1.54, 1.807) is 43.0 Å². The lowest BCUT2D eigenvalue weighted by Gasteiger charge is -2.37. The molecule has 0 radical (unpaired) electrons. The quantitative estimate of drug-likeness (QED) is 0.0579. The molecule has 48 heavy (non-hydrogen) atoms. The third kappa shape index (κ3) is 9.36. The fourth-order valence-electron chi connectivity index (χ4n) is 7.52. The molecule has 2 aliphatic carbocycles. The van der Waals surface area contributed by atoms with Crippen molar-refractivity contribution in [2.45, 2.75) is 103 Å². The van der Waals surface area contributed by atoms with E-state index >= 15 is 0 Å². The molecule has 13 nitrogen and oxygen atoms in total. The van der Waals surface area contributed by atoms with Gasteiger partial charge in [-0.25, -0.2) is 15.0 Å². The number of amidine groups is 1. The maximum Gasteiger partial charge on any atom is 0.410 e. The van der Waals surface area contributed by atoms with Crippen LogP contribution in [0.15, 0.2) is 29.4 Å². The minimum Gasteiger partial charge on any atom is -0.425 e. The zero-order valence-corrected chi connectivity index (χ0v) is 28.3. The first-order valence-electron chi connectivity index (χ1n) is 17.3. The van der Waals surface area contributed by atoms with E-state index in [1.807, 2.05) is 0 Å². The van der Waals surface area contributed by atoms with Gasteiger partial charge in [-0.2, -0.15) is 5.10 Å². The fraction of sp³-hybridized carbons (Fsp3) is 0.676. The number of likely N-dealkylation sites (tertiary alicyclic amines) is 1. The molecule has 14 heteroatoms. The molecule has 1 aromatic carbocycles. The number of benzene rings is 1. The number of hydrazine groups is 1. The van der Waals surface area contributed by atoms with Gasteiger partial charge in [0.2, 0.25) is 18.1 Å². The number of alkyl halides is 1. The number of amides is 3. The van der Waals surface area contributed by atoms with Gasteiger partial charge < -0.3 is 36.3 Å². The second-order valence-corrected chi connectivity index (χ2v) is 13.6. The Morgan fingerprint density at radius 2 is 1.62 bits per heavy atom. The Balaban J connectivity index is 1.38. The Kier molecular flexibility index (Phi) is 13.4. The molecule has 266 valence electrons. The lowest BCUT2D eigenvalue weighted by atomic mass is 9.76. The van der Waals surface area contributed by atoms with Crippen LogP contribution in [0.5, 0.6) is 0 Å². The van der Waals surface area contributed by atoms with Gasteiger partial charge in [0.25, 0.3) is 0 Å². The van der Waals surface area contributed by atoms with Gasteiger partial charge >= 0.3 is 12.1 Å². The van der Waals surface area contributed by atoms with Crippen LogP contribution in [-0.2, 0) is 23.9 Å². The van der Waals surface area contributed by atoms with Crippen molar-refractivity contribution in [1.29, 1.82) is 0 Å². The van der Waals surface area contributed by atoms with E-state index in [0.29, 0.717) is 55.2 Å². The third-order valence-electron chi connectivity index (χ3n) is 10.1. The average Bonchev–Trinajstić information content (AvgIpc) is 3.54. The summed E-state index contributed by atoms with van der Waals surface area (Å²) in [6, 6.07) is 5.62. The SMILES string of the molecule is CC(C)C(=O)O[C@@H](C)OC(=O)N[C@H](CF)[C@H]1CC[C@H](C(=O)N2CC[C@@H](C3CCCCC3)[C@H]2C(=O)Nc2ccc(/C(=N/N)NN)cc2)CC1. The van der Waals surface area contributed by atoms with E-state index in [4.69, 9.17) is 21.2 Å². The predicted molar refractivity (Wildman–Crippen MR) is 179 cm³/mol. The monoisotopic (exact) mass is 673 g/mol. The van der Waals surface area contributed by atoms with E-state index < -0.39 is 37.1 Å². The van der Waals surface area contributed by atoms with Crippen LogP contribution in [0, 0.1) is 29.6 Å². The van der Waals surface area contributed by atoms with Crippen molar-refractivity contribution in [1.82, 2.24) is 15.6 Å². The molecule has 4 rings (SSSR count). The van der Waals surface area contributed by atoms with Gasteiger partial charge in [0, 0.05) is 30.6 Å². The summed E-state index contributed by atoms with van der Waals surface area (Å²) < 4.78 is 24.3. The molecule has 1 aliphatic heterocycles. The maximum absolute atomic E-state index is 14.1. The number of halogens is 1. The van der Waals surface area contributed by atoms with Crippen LogP contribution in [0.4, 0.5) is 14.9 Å². The number of alkyl carbamates (subject to hydrolysis) is 1. The topological polar surface area (TPSA) is 190 Å². The number of nitrogens with zero attached hydrogens (tertiary/aromatic N) is 2. The number of esters is 1. The van der Waals surface area contributed by atoms with Gasteiger partial charge in [0.05, 0.1) is 12.0 Å². The van der Waals surface area contributed by atoms with Gasteiger partial charge in [-0.1, -0.05) is 46.0 Å². The highest BCUT2D eigenvalue weighted by atomic mass is 19.1. The average molecular weight is 674 g/mol. The van der Waals surface area contributed by atoms with Crippen LogP contribution in [0.2, 0.25) is 0 Å². The molecule has 0 spiro atoms. The predicted octanol–water partition coefficient (Wildman–Crippen LogP) is 3.92. The number of anilines is 1. The number of nitrogens with one attached hydrogen (secondary N) is 3. The molecule has 0 unspecified atom stereocenters. The zero-order chi connectivity index (χ0) is 34.8. The van der Waals surface area contributed by atoms with E-state index in [9.17, 15) is 23.6 Å². The Hall–Kier alpha value is -3.94. The zero-order valence-electron chi connectivity index (χ0n) is 28.3. The summed E-state index contributed by atoms with van der Waals surface area (Å²) in [5.74, 6) is 10.0. The van der Waals surface area contributed by atoms with Crippen molar-refractivity contribution in [3.8, 4) is 0 Å². The lowest BCUT2D eigenvalue weighted by molar-refractivity contribution is -0.168. The fourth-order valence-corrected chi connectivity index (χ4v) is 7.52. The molecular weight excluding hydrogens is 621 g/mol. The number of carbonyl (C=O) groups excluding carboxylic acids is 4. The molecule has 1 aromatic rings. The molecule has 7 N–H and O–H groups in total. The first-order chi connectivity index (χ1) is 23.1. The Morgan fingerprint density at radius 3 is 2.21 bits per heavy atom. The van der Waals surface area contributed by atoms with Crippen molar-refractivity contribution in [3.63, 3.8) is 0 Å². The molecule has 1 saturated heterocycles. The van der Waals surface area contributed by atoms with Crippen LogP contribution in [-0.4, -0.2) is 66.2 Å². The van der Waals surface area contributed by atoms with Gasteiger partial charge in [0.1, 0.15) is 12.7 Å². The number of hydrazone groups is 1. The van der Waals surface area contributed by atoms with Gasteiger partial charge in [-0.3, -0.25) is 14.4 Å². The summed E-state index contributed by atoms with van der Waals surface area (Å²) >= 11 is 0. The third-order valence-corrected chi connectivity index (χ3v) is 10.1. The Bertz CT molecular complexity index is 1280. The van der Waals surface area contributed by atoms with E-state index in [1.165, 1.54) is 13.3 Å². The minimum absolute atomic E-state index is 0.0370. The van der Waals surface area contributed by atoms with Crippen molar-refractivity contribution in [2.24, 2.45) is 46.4 Å². The minimum atomic E-state index is -1.11. The van der Waals surface area contributed by atoms with Crippen LogP contribution >= 0.6 is 0 Å². The van der Waals surface area contributed by atoms with Crippen LogP contribution in [0.25, 0.3) is 0 Å². The van der Waals surface area contributed by atoms with E-state index in [-0.39, 0.29) is 35.5 Å². The van der Waals surface area contributed by atoms with Crippen molar-refractivity contribution in [3.05, 3.63) is 29.8 Å². The first kappa shape index (κ1) is 36.9. The highest BCUT2D eigenvalue weighted by molar-refractivity contribution is 6.00. The van der Waals surface area contributed by atoms with Crippen molar-refractivity contribution < 1.29 is 33.0 Å². The summed E-state index contributed by atoms with van der Waals surface area (Å²) in [6.45, 7) is 4.49. The molecular formula is C34H52FN7O6. The summed E-state index contributed by atoms with van der Waals surface area (Å²) in [7, 11) is 0. The van der Waals surface area contributed by atoms with Gasteiger partial charge in [-0.15, -0.1) is 0 Å². The molecule has 4 atom stereocenters. The smallest absolute Gasteiger partial charge is 0.410 e. The molecule has 1 heterocycles.